The summed E-state index contributed by atoms with van der Waals surface area (Å²) in [5.74, 6) is -0.272. The van der Waals surface area contributed by atoms with E-state index in [1.165, 1.54) is 13.0 Å². The number of benzene rings is 1. The fourth-order valence-electron chi connectivity index (χ4n) is 3.35. The van der Waals surface area contributed by atoms with Crippen molar-refractivity contribution >= 4 is 15.7 Å². The van der Waals surface area contributed by atoms with Crippen molar-refractivity contribution in [2.45, 2.75) is 48.3 Å². The van der Waals surface area contributed by atoms with E-state index in [0.717, 1.165) is 18.2 Å². The number of aliphatic imine (C=N–C) groups is 1. The third-order valence-corrected chi connectivity index (χ3v) is 7.58. The number of hydrogen-bond acceptors (Lipinski definition) is 5. The van der Waals surface area contributed by atoms with Gasteiger partial charge in [-0.3, -0.25) is 0 Å². The molecule has 160 valence electrons. The van der Waals surface area contributed by atoms with Crippen LogP contribution in [0.3, 0.4) is 0 Å². The number of alkyl halides is 5. The highest BCUT2D eigenvalue weighted by Gasteiger charge is 2.46. The summed E-state index contributed by atoms with van der Waals surface area (Å²) < 4.78 is 98.3. The van der Waals surface area contributed by atoms with Gasteiger partial charge in [-0.1, -0.05) is 6.07 Å². The topological polar surface area (TPSA) is 65.0 Å². The summed E-state index contributed by atoms with van der Waals surface area (Å²) in [7, 11) is -4.14. The van der Waals surface area contributed by atoms with E-state index < -0.39 is 43.9 Å². The van der Waals surface area contributed by atoms with E-state index in [2.05, 4.69) is 9.73 Å². The predicted molar refractivity (Wildman–Crippen MR) is 93.5 cm³/mol. The van der Waals surface area contributed by atoms with Crippen LogP contribution in [0.5, 0.6) is 0 Å². The molecule has 5 nitrogen and oxygen atoms in total. The van der Waals surface area contributed by atoms with Crippen molar-refractivity contribution < 1.29 is 39.8 Å². The van der Waals surface area contributed by atoms with Gasteiger partial charge >= 0.3 is 12.8 Å². The van der Waals surface area contributed by atoms with Gasteiger partial charge in [-0.25, -0.2) is 13.4 Å². The van der Waals surface area contributed by atoms with E-state index in [1.807, 2.05) is 0 Å². The number of nitrogens with zero attached hydrogens (tertiary/aromatic N) is 1. The van der Waals surface area contributed by atoms with Gasteiger partial charge in [-0.2, -0.15) is 22.0 Å². The summed E-state index contributed by atoms with van der Waals surface area (Å²) >= 11 is 0. The Morgan fingerprint density at radius 3 is 2.69 bits per heavy atom. The van der Waals surface area contributed by atoms with Gasteiger partial charge in [-0.05, 0) is 43.5 Å². The Kier molecular flexibility index (Phi) is 5.74. The quantitative estimate of drug-likeness (QED) is 0.666. The van der Waals surface area contributed by atoms with E-state index in [1.54, 1.807) is 0 Å². The molecule has 1 aromatic carbocycles. The molecule has 2 aliphatic rings. The number of ether oxygens (including phenoxy) is 2. The minimum Gasteiger partial charge on any atom is -0.417 e. The van der Waals surface area contributed by atoms with Crippen molar-refractivity contribution in [3.8, 4) is 0 Å². The molecular weight excluding hydrogens is 421 g/mol. The predicted octanol–water partition coefficient (Wildman–Crippen LogP) is 3.99. The highest BCUT2D eigenvalue weighted by Crippen LogP contribution is 2.40. The molecule has 0 aromatic heterocycles. The van der Waals surface area contributed by atoms with Gasteiger partial charge in [-0.15, -0.1) is 0 Å². The average molecular weight is 439 g/mol. The lowest BCUT2D eigenvalue weighted by Crippen LogP contribution is -2.45. The molecule has 2 aliphatic heterocycles. The maximum Gasteiger partial charge on any atom is 0.416 e. The Bertz CT molecular complexity index is 942. The maximum atomic E-state index is 13.2. The lowest BCUT2D eigenvalue weighted by atomic mass is 9.92. The van der Waals surface area contributed by atoms with Crippen molar-refractivity contribution in [2.75, 3.05) is 13.2 Å². The summed E-state index contributed by atoms with van der Waals surface area (Å²) in [6.07, 6.45) is -4.08. The largest absolute Gasteiger partial charge is 0.417 e. The van der Waals surface area contributed by atoms with E-state index in [9.17, 15) is 30.4 Å². The molecule has 2 atom stereocenters. The number of sulfone groups is 1. The Morgan fingerprint density at radius 1 is 1.31 bits per heavy atom. The Balaban J connectivity index is 1.85. The zero-order valence-electron chi connectivity index (χ0n) is 15.2. The highest BCUT2D eigenvalue weighted by atomic mass is 32.2. The summed E-state index contributed by atoms with van der Waals surface area (Å²) in [4.78, 5) is 3.38. The standard InChI is InChI=1S/C18H18F5NO4S/c1-17(29(25,26)13-4-2-3-12(8-13)18(21,22)23)5-6-27-14(9-17)11-7-15(24-10-11)28-16(19)20/h2-4,7-8,14,16H,5-6,9-10H2,1H3. The molecule has 1 saturated heterocycles. The first-order chi connectivity index (χ1) is 13.4. The number of hydrogen-bond donors (Lipinski definition) is 0. The fraction of sp³-hybridized carbons (Fsp3) is 0.500. The molecule has 2 unspecified atom stereocenters. The molecule has 0 radical (unpaired) electrons. The van der Waals surface area contributed by atoms with E-state index in [-0.39, 0.29) is 31.9 Å². The van der Waals surface area contributed by atoms with Gasteiger partial charge in [0.1, 0.15) is 0 Å². The van der Waals surface area contributed by atoms with Crippen LogP contribution in [0.1, 0.15) is 25.3 Å². The second-order valence-electron chi connectivity index (χ2n) is 7.04. The summed E-state index contributed by atoms with van der Waals surface area (Å²) in [6, 6.07) is 3.61. The molecule has 3 rings (SSSR count). The normalized spacial score (nSPS) is 25.7. The van der Waals surface area contributed by atoms with Crippen molar-refractivity contribution in [3.63, 3.8) is 0 Å². The first-order valence-corrected chi connectivity index (χ1v) is 10.1. The highest BCUT2D eigenvalue weighted by molar-refractivity contribution is 7.92. The third-order valence-electron chi connectivity index (χ3n) is 5.04. The number of halogens is 5. The molecule has 0 aliphatic carbocycles. The molecule has 2 heterocycles. The van der Waals surface area contributed by atoms with Crippen LogP contribution in [0.15, 0.2) is 45.8 Å². The van der Waals surface area contributed by atoms with Crippen LogP contribution >= 0.6 is 0 Å². The molecule has 0 N–H and O–H groups in total. The average Bonchev–Trinajstić information content (AvgIpc) is 3.09. The minimum absolute atomic E-state index is 0.0202. The van der Waals surface area contributed by atoms with Gasteiger partial charge in [0, 0.05) is 12.7 Å². The van der Waals surface area contributed by atoms with Crippen molar-refractivity contribution in [1.29, 1.82) is 0 Å². The van der Waals surface area contributed by atoms with E-state index in [0.29, 0.717) is 11.6 Å². The third kappa shape index (κ3) is 4.45. The monoisotopic (exact) mass is 439 g/mol. The Morgan fingerprint density at radius 2 is 2.03 bits per heavy atom. The lowest BCUT2D eigenvalue weighted by molar-refractivity contribution is -0.137. The van der Waals surface area contributed by atoms with E-state index >= 15 is 0 Å². The lowest BCUT2D eigenvalue weighted by Gasteiger charge is -2.38. The van der Waals surface area contributed by atoms with Gasteiger partial charge in [0.05, 0.1) is 27.9 Å². The smallest absolute Gasteiger partial charge is 0.416 e. The van der Waals surface area contributed by atoms with Crippen molar-refractivity contribution in [1.82, 2.24) is 0 Å². The molecule has 11 heteroatoms. The van der Waals surface area contributed by atoms with Crippen LogP contribution in [0.2, 0.25) is 0 Å². The van der Waals surface area contributed by atoms with Crippen LogP contribution in [0.25, 0.3) is 0 Å². The molecule has 1 aromatic rings. The Hall–Kier alpha value is -2.01. The molecule has 0 amide bonds. The Labute approximate surface area is 164 Å². The molecule has 0 bridgehead atoms. The van der Waals surface area contributed by atoms with Crippen LogP contribution in [-0.4, -0.2) is 44.9 Å². The van der Waals surface area contributed by atoms with Crippen LogP contribution in [0.4, 0.5) is 22.0 Å². The van der Waals surface area contributed by atoms with Gasteiger partial charge in [0.2, 0.25) is 5.90 Å². The molecule has 0 spiro atoms. The zero-order valence-corrected chi connectivity index (χ0v) is 16.1. The van der Waals surface area contributed by atoms with Crippen LogP contribution in [0, 0.1) is 0 Å². The molecular formula is C18H18F5NO4S. The maximum absolute atomic E-state index is 13.2. The van der Waals surface area contributed by atoms with E-state index in [4.69, 9.17) is 4.74 Å². The first kappa shape index (κ1) is 21.7. The molecule has 0 saturated carbocycles. The molecule has 29 heavy (non-hydrogen) atoms. The second kappa shape index (κ2) is 7.67. The second-order valence-corrected chi connectivity index (χ2v) is 9.51. The van der Waals surface area contributed by atoms with Crippen LogP contribution in [-0.2, 0) is 25.5 Å². The van der Waals surface area contributed by atoms with Gasteiger partial charge < -0.3 is 9.47 Å². The zero-order chi connectivity index (χ0) is 21.4. The van der Waals surface area contributed by atoms with Gasteiger partial charge in [0.25, 0.3) is 0 Å². The fourth-order valence-corrected chi connectivity index (χ4v) is 5.18. The number of rotatable bonds is 4. The molecule has 1 fully saturated rings. The first-order valence-electron chi connectivity index (χ1n) is 8.66. The summed E-state index contributed by atoms with van der Waals surface area (Å²) in [6.45, 7) is -1.53. The van der Waals surface area contributed by atoms with Gasteiger partial charge in [0.15, 0.2) is 9.84 Å². The minimum atomic E-state index is -4.67. The van der Waals surface area contributed by atoms with Crippen LogP contribution < -0.4 is 0 Å². The van der Waals surface area contributed by atoms with Crippen molar-refractivity contribution in [2.24, 2.45) is 4.99 Å². The SMILES string of the molecule is CC1(S(=O)(=O)c2cccc(C(F)(F)F)c2)CCOC(C2=CC(OC(F)F)=NC2)C1. The summed E-state index contributed by atoms with van der Waals surface area (Å²) in [5.41, 5.74) is -0.572. The summed E-state index contributed by atoms with van der Waals surface area (Å²) in [5, 5.41) is 0. The van der Waals surface area contributed by atoms with Crippen molar-refractivity contribution in [3.05, 3.63) is 41.5 Å².